The number of nitrogen functional groups attached to an aromatic ring is 1. The fourth-order valence-corrected chi connectivity index (χ4v) is 3.73. The van der Waals surface area contributed by atoms with Gasteiger partial charge >= 0.3 is 5.97 Å². The summed E-state index contributed by atoms with van der Waals surface area (Å²) in [5.41, 5.74) is 3.05. The molecule has 0 aliphatic carbocycles. The summed E-state index contributed by atoms with van der Waals surface area (Å²) >= 11 is 1.15. The predicted octanol–water partition coefficient (Wildman–Crippen LogP) is 3.52. The van der Waals surface area contributed by atoms with Crippen molar-refractivity contribution in [2.24, 2.45) is 0 Å². The third-order valence-electron chi connectivity index (χ3n) is 4.78. The molecule has 0 aliphatic heterocycles. The van der Waals surface area contributed by atoms with Crippen LogP contribution in [0.5, 0.6) is 5.75 Å². The molecule has 0 atom stereocenters. The highest BCUT2D eigenvalue weighted by Gasteiger charge is 2.15. The van der Waals surface area contributed by atoms with Crippen LogP contribution in [0.15, 0.2) is 47.6 Å². The standard InChI is InChI=1S/C23H27N5O4S/c1-14(2)18-9-8-15(3)10-19(18)32-12-20-26-27-23(28(20)24)33-13-21(29)25-17-7-5-6-16(11-17)22(30)31-4/h5-11,14H,12-13,24H2,1-4H3,(H,25,29). The Morgan fingerprint density at radius 1 is 1.18 bits per heavy atom. The maximum Gasteiger partial charge on any atom is 0.337 e. The maximum atomic E-state index is 12.3. The molecule has 0 bridgehead atoms. The van der Waals surface area contributed by atoms with E-state index in [0.717, 1.165) is 28.6 Å². The van der Waals surface area contributed by atoms with Crippen molar-refractivity contribution in [3.63, 3.8) is 0 Å². The van der Waals surface area contributed by atoms with Crippen molar-refractivity contribution in [1.29, 1.82) is 0 Å². The summed E-state index contributed by atoms with van der Waals surface area (Å²) in [7, 11) is 1.30. The first-order valence-corrected chi connectivity index (χ1v) is 11.3. The fourth-order valence-electron chi connectivity index (χ4n) is 3.06. The lowest BCUT2D eigenvalue weighted by atomic mass is 10.0. The minimum atomic E-state index is -0.474. The van der Waals surface area contributed by atoms with Crippen molar-refractivity contribution >= 4 is 29.3 Å². The number of nitrogens with two attached hydrogens (primary N) is 1. The number of hydrogen-bond donors (Lipinski definition) is 2. The average Bonchev–Trinajstić information content (AvgIpc) is 3.15. The lowest BCUT2D eigenvalue weighted by molar-refractivity contribution is -0.113. The van der Waals surface area contributed by atoms with E-state index in [-0.39, 0.29) is 18.3 Å². The molecular formula is C23H27N5O4S. The molecule has 3 rings (SSSR count). The molecule has 0 fully saturated rings. The summed E-state index contributed by atoms with van der Waals surface area (Å²) in [5, 5.41) is 11.3. The fraction of sp³-hybridized carbons (Fsp3) is 0.304. The van der Waals surface area contributed by atoms with Crippen molar-refractivity contribution in [2.75, 3.05) is 24.0 Å². The summed E-state index contributed by atoms with van der Waals surface area (Å²) in [6.45, 7) is 6.37. The number of amides is 1. The van der Waals surface area contributed by atoms with Crippen LogP contribution >= 0.6 is 11.8 Å². The van der Waals surface area contributed by atoms with Crippen LogP contribution < -0.4 is 15.9 Å². The highest BCUT2D eigenvalue weighted by Crippen LogP contribution is 2.28. The summed E-state index contributed by atoms with van der Waals surface area (Å²) in [5.74, 6) is 6.97. The molecule has 9 nitrogen and oxygen atoms in total. The van der Waals surface area contributed by atoms with Crippen LogP contribution in [0.1, 0.15) is 47.1 Å². The molecule has 3 aromatic rings. The molecule has 2 aromatic carbocycles. The molecule has 0 saturated carbocycles. The van der Waals surface area contributed by atoms with Gasteiger partial charge in [0.25, 0.3) is 0 Å². The van der Waals surface area contributed by atoms with E-state index in [9.17, 15) is 9.59 Å². The van der Waals surface area contributed by atoms with Gasteiger partial charge in [-0.25, -0.2) is 9.47 Å². The smallest absolute Gasteiger partial charge is 0.337 e. The molecule has 0 radical (unpaired) electrons. The molecule has 3 N–H and O–H groups in total. The molecule has 10 heteroatoms. The van der Waals surface area contributed by atoms with Gasteiger partial charge in [0.15, 0.2) is 5.82 Å². The van der Waals surface area contributed by atoms with Gasteiger partial charge in [-0.2, -0.15) is 0 Å². The highest BCUT2D eigenvalue weighted by molar-refractivity contribution is 7.99. The Morgan fingerprint density at radius 2 is 1.97 bits per heavy atom. The summed E-state index contributed by atoms with van der Waals surface area (Å²) in [6.07, 6.45) is 0. The van der Waals surface area contributed by atoms with Gasteiger partial charge < -0.3 is 20.6 Å². The highest BCUT2D eigenvalue weighted by atomic mass is 32.2. The summed E-state index contributed by atoms with van der Waals surface area (Å²) in [6, 6.07) is 12.6. The van der Waals surface area contributed by atoms with E-state index < -0.39 is 5.97 Å². The normalized spacial score (nSPS) is 10.8. The number of ether oxygens (including phenoxy) is 2. The third-order valence-corrected chi connectivity index (χ3v) is 5.73. The summed E-state index contributed by atoms with van der Waals surface area (Å²) < 4.78 is 12.0. The molecule has 33 heavy (non-hydrogen) atoms. The SMILES string of the molecule is COC(=O)c1cccc(NC(=O)CSc2nnc(COc3cc(C)ccc3C(C)C)n2N)c1. The number of anilines is 1. The van der Waals surface area contributed by atoms with Crippen LogP contribution in [0.4, 0.5) is 5.69 Å². The number of benzene rings is 2. The van der Waals surface area contributed by atoms with E-state index >= 15 is 0 Å². The van der Waals surface area contributed by atoms with Gasteiger partial charge in [-0.3, -0.25) is 4.79 Å². The zero-order valence-electron chi connectivity index (χ0n) is 19.0. The number of esters is 1. The molecule has 0 unspecified atom stereocenters. The van der Waals surface area contributed by atoms with Crippen LogP contribution in [0.2, 0.25) is 0 Å². The second kappa shape index (κ2) is 10.9. The lowest BCUT2D eigenvalue weighted by Gasteiger charge is -2.14. The number of thioether (sulfide) groups is 1. The number of methoxy groups -OCH3 is 1. The van der Waals surface area contributed by atoms with Gasteiger partial charge in [0, 0.05) is 5.69 Å². The summed E-state index contributed by atoms with van der Waals surface area (Å²) in [4.78, 5) is 24.0. The molecule has 0 spiro atoms. The third kappa shape index (κ3) is 6.26. The van der Waals surface area contributed by atoms with Gasteiger partial charge in [0.1, 0.15) is 12.4 Å². The second-order valence-corrected chi connectivity index (χ2v) is 8.61. The number of hydrogen-bond acceptors (Lipinski definition) is 8. The lowest BCUT2D eigenvalue weighted by Crippen LogP contribution is -2.18. The molecule has 1 heterocycles. The Kier molecular flexibility index (Phi) is 7.94. The number of nitrogens with zero attached hydrogens (tertiary/aromatic N) is 3. The number of rotatable bonds is 9. The Bertz CT molecular complexity index is 1150. The first-order valence-electron chi connectivity index (χ1n) is 10.3. The molecule has 1 aromatic heterocycles. The van der Waals surface area contributed by atoms with Crippen LogP contribution in [0, 0.1) is 6.92 Å². The largest absolute Gasteiger partial charge is 0.485 e. The van der Waals surface area contributed by atoms with E-state index in [1.165, 1.54) is 11.8 Å². The van der Waals surface area contributed by atoms with Crippen LogP contribution in [0.25, 0.3) is 0 Å². The first kappa shape index (κ1) is 24.1. The van der Waals surface area contributed by atoms with Crippen LogP contribution in [-0.2, 0) is 16.1 Å². The second-order valence-electron chi connectivity index (χ2n) is 7.66. The monoisotopic (exact) mass is 469 g/mol. The van der Waals surface area contributed by atoms with Gasteiger partial charge in [-0.1, -0.05) is 43.8 Å². The zero-order chi connectivity index (χ0) is 24.0. The van der Waals surface area contributed by atoms with Crippen molar-refractivity contribution in [1.82, 2.24) is 14.9 Å². The van der Waals surface area contributed by atoms with E-state index in [4.69, 9.17) is 15.3 Å². The van der Waals surface area contributed by atoms with Crippen molar-refractivity contribution < 1.29 is 19.1 Å². The number of carbonyl (C=O) groups excluding carboxylic acids is 2. The number of aryl methyl sites for hydroxylation is 1. The van der Waals surface area contributed by atoms with Crippen molar-refractivity contribution in [3.8, 4) is 5.75 Å². The quantitative estimate of drug-likeness (QED) is 0.277. The van der Waals surface area contributed by atoms with Gasteiger partial charge in [0.2, 0.25) is 11.1 Å². The Hall–Kier alpha value is -3.53. The van der Waals surface area contributed by atoms with Crippen molar-refractivity contribution in [2.45, 2.75) is 38.5 Å². The molecule has 174 valence electrons. The van der Waals surface area contributed by atoms with Crippen molar-refractivity contribution in [3.05, 3.63) is 65.0 Å². The molecular weight excluding hydrogens is 442 g/mol. The van der Waals surface area contributed by atoms with E-state index in [2.05, 4.69) is 41.5 Å². The minimum absolute atomic E-state index is 0.0635. The first-order chi connectivity index (χ1) is 15.8. The predicted molar refractivity (Wildman–Crippen MR) is 127 cm³/mol. The molecule has 0 saturated heterocycles. The Labute approximate surface area is 196 Å². The topological polar surface area (TPSA) is 121 Å². The van der Waals surface area contributed by atoms with Gasteiger partial charge in [0.05, 0.1) is 18.4 Å². The number of aromatic nitrogens is 3. The average molecular weight is 470 g/mol. The van der Waals surface area contributed by atoms with Gasteiger partial charge in [-0.15, -0.1) is 10.2 Å². The van der Waals surface area contributed by atoms with Gasteiger partial charge in [-0.05, 0) is 48.2 Å². The van der Waals surface area contributed by atoms with Crippen LogP contribution in [0.3, 0.4) is 0 Å². The van der Waals surface area contributed by atoms with Crippen LogP contribution in [-0.4, -0.2) is 39.6 Å². The number of carbonyl (C=O) groups is 2. The zero-order valence-corrected chi connectivity index (χ0v) is 19.8. The molecule has 1 amide bonds. The van der Waals surface area contributed by atoms with E-state index in [1.54, 1.807) is 24.3 Å². The molecule has 0 aliphatic rings. The maximum absolute atomic E-state index is 12.3. The van der Waals surface area contributed by atoms with E-state index in [0.29, 0.717) is 28.1 Å². The number of nitrogens with one attached hydrogen (secondary N) is 1. The Balaban J connectivity index is 1.58. The van der Waals surface area contributed by atoms with E-state index in [1.807, 2.05) is 13.0 Å². The Morgan fingerprint density at radius 3 is 2.70 bits per heavy atom. The minimum Gasteiger partial charge on any atom is -0.485 e.